The second-order valence-electron chi connectivity index (χ2n) is 7.52. The van der Waals surface area contributed by atoms with Crippen LogP contribution in [0.4, 0.5) is 0 Å². The Labute approximate surface area is 167 Å². The number of benzene rings is 1. The van der Waals surface area contributed by atoms with Crippen LogP contribution in [-0.4, -0.2) is 42.6 Å². The highest BCUT2D eigenvalue weighted by Gasteiger charge is 2.29. The Morgan fingerprint density at radius 1 is 1.29 bits per heavy atom. The van der Waals surface area contributed by atoms with Gasteiger partial charge in [0.1, 0.15) is 12.2 Å². The van der Waals surface area contributed by atoms with Crippen molar-refractivity contribution in [1.82, 2.24) is 9.78 Å². The number of aromatic amines is 1. The minimum atomic E-state index is -3.63. The molecule has 0 fully saturated rings. The van der Waals surface area contributed by atoms with Crippen LogP contribution >= 0.6 is 11.6 Å². The molecule has 2 aromatic rings. The number of aromatic nitrogens is 2. The number of carbonyl (C=O) groups is 1. The van der Waals surface area contributed by atoms with Crippen LogP contribution in [0.1, 0.15) is 48.7 Å². The Kier molecular flexibility index (Phi) is 5.01. The number of oxime groups is 1. The van der Waals surface area contributed by atoms with E-state index in [-0.39, 0.29) is 26.6 Å². The van der Waals surface area contributed by atoms with E-state index >= 15 is 0 Å². The molecule has 0 spiro atoms. The van der Waals surface area contributed by atoms with E-state index in [4.69, 9.17) is 16.4 Å². The molecule has 1 aliphatic rings. The van der Waals surface area contributed by atoms with Gasteiger partial charge >= 0.3 is 0 Å². The zero-order valence-corrected chi connectivity index (χ0v) is 17.4. The molecule has 0 radical (unpaired) electrons. The largest absolute Gasteiger partial charge is 0.395 e. The molecule has 1 aromatic carbocycles. The zero-order chi connectivity index (χ0) is 20.9. The van der Waals surface area contributed by atoms with E-state index in [2.05, 4.69) is 10.3 Å². The summed E-state index contributed by atoms with van der Waals surface area (Å²) in [6.07, 6.45) is 2.74. The molecule has 2 heterocycles. The highest BCUT2D eigenvalue weighted by atomic mass is 35.5. The molecule has 0 saturated heterocycles. The van der Waals surface area contributed by atoms with E-state index in [1.807, 2.05) is 20.8 Å². The van der Waals surface area contributed by atoms with Gasteiger partial charge in [0.25, 0.3) is 5.56 Å². The number of ketones is 1. The van der Waals surface area contributed by atoms with Crippen molar-refractivity contribution in [3.8, 4) is 0 Å². The first-order valence-corrected chi connectivity index (χ1v) is 10.8. The number of nitrogens with zero attached hydrogens (tertiary/aromatic N) is 2. The van der Waals surface area contributed by atoms with Crippen LogP contribution in [0, 0.1) is 0 Å². The minimum absolute atomic E-state index is 0.0239. The van der Waals surface area contributed by atoms with Gasteiger partial charge in [0, 0.05) is 30.0 Å². The van der Waals surface area contributed by atoms with E-state index in [1.165, 1.54) is 23.0 Å². The highest BCUT2D eigenvalue weighted by Crippen LogP contribution is 2.32. The van der Waals surface area contributed by atoms with Crippen molar-refractivity contribution in [2.24, 2.45) is 5.16 Å². The Hall–Kier alpha value is -2.39. The number of halogens is 1. The van der Waals surface area contributed by atoms with Crippen molar-refractivity contribution in [3.63, 3.8) is 0 Å². The number of rotatable bonds is 4. The predicted octanol–water partition coefficient (Wildman–Crippen LogP) is 2.34. The van der Waals surface area contributed by atoms with Crippen LogP contribution in [0.25, 0.3) is 0 Å². The first-order chi connectivity index (χ1) is 12.9. The summed E-state index contributed by atoms with van der Waals surface area (Å²) in [5, 5.41) is 6.57. The lowest BCUT2D eigenvalue weighted by Gasteiger charge is -2.18. The van der Waals surface area contributed by atoms with Gasteiger partial charge in [0.05, 0.1) is 21.2 Å². The van der Waals surface area contributed by atoms with E-state index in [9.17, 15) is 18.0 Å². The van der Waals surface area contributed by atoms with E-state index < -0.39 is 26.7 Å². The number of H-pyrrole nitrogens is 1. The number of hydrogen-bond acceptors (Lipinski definition) is 6. The molecule has 8 nitrogen and oxygen atoms in total. The number of nitrogens with one attached hydrogen (secondary N) is 1. The molecule has 28 heavy (non-hydrogen) atoms. The maximum absolute atomic E-state index is 13.0. The Morgan fingerprint density at radius 2 is 1.96 bits per heavy atom. The molecule has 0 aliphatic carbocycles. The van der Waals surface area contributed by atoms with Crippen LogP contribution in [0.5, 0.6) is 0 Å². The third-order valence-electron chi connectivity index (χ3n) is 4.33. The molecule has 3 rings (SSSR count). The average molecular weight is 426 g/mol. The van der Waals surface area contributed by atoms with Gasteiger partial charge in [-0.05, 0) is 32.9 Å². The van der Waals surface area contributed by atoms with Gasteiger partial charge < -0.3 is 9.94 Å². The standard InChI is InChI=1S/C18H20ClN3O5S/c1-18(2,3)22-17(24)11(9-20-22)16(23)10-5-6-13(28(4,25)26)14(15(10)19)12-7-8-27-21-12/h5-6,9,20H,7-8H2,1-4H3. The van der Waals surface area contributed by atoms with Gasteiger partial charge in [-0.15, -0.1) is 0 Å². The topological polar surface area (TPSA) is 111 Å². The summed E-state index contributed by atoms with van der Waals surface area (Å²) in [6, 6.07) is 2.62. The van der Waals surface area contributed by atoms with E-state index in [1.54, 1.807) is 0 Å². The van der Waals surface area contributed by atoms with Crippen LogP contribution < -0.4 is 5.56 Å². The summed E-state index contributed by atoms with van der Waals surface area (Å²) in [6.45, 7) is 5.76. The smallest absolute Gasteiger partial charge is 0.278 e. The zero-order valence-electron chi connectivity index (χ0n) is 15.9. The lowest BCUT2D eigenvalue weighted by atomic mass is 9.99. The first-order valence-electron chi connectivity index (χ1n) is 8.50. The number of carbonyl (C=O) groups excluding carboxylic acids is 1. The maximum Gasteiger partial charge on any atom is 0.278 e. The Balaban J connectivity index is 2.19. The van der Waals surface area contributed by atoms with Crippen molar-refractivity contribution < 1.29 is 18.0 Å². The molecule has 1 aromatic heterocycles. The lowest BCUT2D eigenvalue weighted by molar-refractivity contribution is 0.103. The van der Waals surface area contributed by atoms with Crippen molar-refractivity contribution in [2.75, 3.05) is 12.9 Å². The molecule has 150 valence electrons. The molecular formula is C18H20ClN3O5S. The molecule has 0 bridgehead atoms. The Morgan fingerprint density at radius 3 is 2.46 bits per heavy atom. The quantitative estimate of drug-likeness (QED) is 0.756. The Bertz CT molecular complexity index is 1150. The van der Waals surface area contributed by atoms with Crippen molar-refractivity contribution >= 4 is 32.9 Å². The molecule has 1 aliphatic heterocycles. The van der Waals surface area contributed by atoms with Crippen LogP contribution in [0.3, 0.4) is 0 Å². The molecule has 0 unspecified atom stereocenters. The molecular weight excluding hydrogens is 406 g/mol. The third kappa shape index (κ3) is 3.51. The lowest BCUT2D eigenvalue weighted by Crippen LogP contribution is -2.34. The summed E-state index contributed by atoms with van der Waals surface area (Å²) in [5.74, 6) is -0.602. The fourth-order valence-corrected chi connectivity index (χ4v) is 4.29. The summed E-state index contributed by atoms with van der Waals surface area (Å²) in [4.78, 5) is 30.6. The molecule has 0 amide bonds. The van der Waals surface area contributed by atoms with Gasteiger partial charge in [-0.25, -0.2) is 13.1 Å². The molecule has 0 saturated carbocycles. The number of sulfone groups is 1. The number of hydrogen-bond donors (Lipinski definition) is 1. The normalized spacial score (nSPS) is 14.7. The minimum Gasteiger partial charge on any atom is -0.395 e. The van der Waals surface area contributed by atoms with Crippen molar-refractivity contribution in [2.45, 2.75) is 37.6 Å². The van der Waals surface area contributed by atoms with Gasteiger partial charge in [-0.1, -0.05) is 16.8 Å². The molecule has 1 N–H and O–H groups in total. The maximum atomic E-state index is 13.0. The molecule has 10 heteroatoms. The van der Waals surface area contributed by atoms with Gasteiger partial charge in [0.15, 0.2) is 9.84 Å². The van der Waals surface area contributed by atoms with Crippen LogP contribution in [0.15, 0.2) is 33.2 Å². The van der Waals surface area contributed by atoms with E-state index in [0.29, 0.717) is 18.7 Å². The van der Waals surface area contributed by atoms with Crippen LogP contribution in [0.2, 0.25) is 5.02 Å². The van der Waals surface area contributed by atoms with Crippen LogP contribution in [-0.2, 0) is 20.2 Å². The summed E-state index contributed by atoms with van der Waals surface area (Å²) in [5.41, 5.74) is -0.597. The molecule has 0 atom stereocenters. The first kappa shape index (κ1) is 20.3. The fourth-order valence-electron chi connectivity index (χ4n) is 2.97. The second kappa shape index (κ2) is 6.89. The fraction of sp³-hybridized carbons (Fsp3) is 0.389. The van der Waals surface area contributed by atoms with Gasteiger partial charge in [-0.3, -0.25) is 9.59 Å². The second-order valence-corrected chi connectivity index (χ2v) is 9.88. The predicted molar refractivity (Wildman–Crippen MR) is 105 cm³/mol. The summed E-state index contributed by atoms with van der Waals surface area (Å²) < 4.78 is 25.7. The SMILES string of the molecule is CC(C)(C)n1[nH]cc(C(=O)c2ccc(S(C)(=O)=O)c(C3=NOCC3)c2Cl)c1=O. The average Bonchev–Trinajstić information content (AvgIpc) is 3.22. The van der Waals surface area contributed by atoms with E-state index in [0.717, 1.165) is 6.26 Å². The van der Waals surface area contributed by atoms with Gasteiger partial charge in [0.2, 0.25) is 5.78 Å². The van der Waals surface area contributed by atoms with Gasteiger partial charge in [-0.2, -0.15) is 0 Å². The van der Waals surface area contributed by atoms with Crippen molar-refractivity contribution in [3.05, 3.63) is 50.4 Å². The van der Waals surface area contributed by atoms with Crippen molar-refractivity contribution in [1.29, 1.82) is 0 Å². The monoisotopic (exact) mass is 425 g/mol. The summed E-state index contributed by atoms with van der Waals surface area (Å²) in [7, 11) is -3.63. The summed E-state index contributed by atoms with van der Waals surface area (Å²) >= 11 is 6.45. The third-order valence-corrected chi connectivity index (χ3v) is 5.86. The highest BCUT2D eigenvalue weighted by molar-refractivity contribution is 7.90.